The van der Waals surface area contributed by atoms with Crippen LogP contribution >= 0.6 is 0 Å². The lowest BCUT2D eigenvalue weighted by atomic mass is 9.96. The third-order valence-corrected chi connectivity index (χ3v) is 4.90. The fraction of sp³-hybridized carbons (Fsp3) is 0.273. The van der Waals surface area contributed by atoms with Crippen LogP contribution in [0.5, 0.6) is 5.75 Å². The number of aromatic amines is 1. The summed E-state index contributed by atoms with van der Waals surface area (Å²) in [6, 6.07) is 12.6. The van der Waals surface area contributed by atoms with Gasteiger partial charge in [-0.15, -0.1) is 0 Å². The Hall–Kier alpha value is -3.12. The van der Waals surface area contributed by atoms with Crippen LogP contribution in [-0.2, 0) is 17.8 Å². The Balaban J connectivity index is 1.65. The van der Waals surface area contributed by atoms with E-state index in [1.54, 1.807) is 30.3 Å². The third-order valence-electron chi connectivity index (χ3n) is 4.90. The topological polar surface area (TPSA) is 95.2 Å². The smallest absolute Gasteiger partial charge is 0.239 e. The number of nitrogens with zero attached hydrogens (tertiary/aromatic N) is 2. The molecule has 2 aromatic carbocycles. The van der Waals surface area contributed by atoms with Gasteiger partial charge in [0, 0.05) is 7.05 Å². The van der Waals surface area contributed by atoms with Gasteiger partial charge in [0.2, 0.25) is 5.91 Å². The van der Waals surface area contributed by atoms with Crippen LogP contribution < -0.4 is 5.73 Å². The number of hydrogen-bond donors (Lipinski definition) is 3. The van der Waals surface area contributed by atoms with Gasteiger partial charge >= 0.3 is 0 Å². The number of carbonyl (C=O) groups is 1. The number of amides is 1. The van der Waals surface area contributed by atoms with Crippen molar-refractivity contribution < 1.29 is 9.90 Å². The second-order valence-corrected chi connectivity index (χ2v) is 7.17. The maximum Gasteiger partial charge on any atom is 0.239 e. The van der Waals surface area contributed by atoms with Crippen molar-refractivity contribution in [3.05, 3.63) is 71.2 Å². The molecular formula is C22H26N4O2. The van der Waals surface area contributed by atoms with Gasteiger partial charge in [-0.2, -0.15) is 0 Å². The summed E-state index contributed by atoms with van der Waals surface area (Å²) in [7, 11) is 1.73. The van der Waals surface area contributed by atoms with Gasteiger partial charge in [0.25, 0.3) is 0 Å². The molecule has 3 rings (SSSR count). The number of hydrogen-bond acceptors (Lipinski definition) is 4. The average molecular weight is 378 g/mol. The molecule has 0 radical (unpaired) electrons. The molecule has 0 saturated carbocycles. The van der Waals surface area contributed by atoms with Gasteiger partial charge in [0.15, 0.2) is 0 Å². The summed E-state index contributed by atoms with van der Waals surface area (Å²) in [5.41, 5.74) is 11.0. The summed E-state index contributed by atoms with van der Waals surface area (Å²) < 4.78 is 0. The first kappa shape index (κ1) is 19.6. The number of phenolic OH excluding ortho intramolecular Hbond substituents is 1. The molecule has 1 heterocycles. The van der Waals surface area contributed by atoms with E-state index in [0.717, 1.165) is 27.9 Å². The molecule has 0 bridgehead atoms. The van der Waals surface area contributed by atoms with Crippen LogP contribution in [0.1, 0.15) is 22.5 Å². The van der Waals surface area contributed by atoms with E-state index in [2.05, 4.69) is 9.97 Å². The monoisotopic (exact) mass is 378 g/mol. The number of carbonyl (C=O) groups excluding carboxylic acids is 1. The molecule has 0 saturated heterocycles. The molecule has 1 atom stereocenters. The highest BCUT2D eigenvalue weighted by atomic mass is 16.3. The lowest BCUT2D eigenvalue weighted by Crippen LogP contribution is -2.43. The van der Waals surface area contributed by atoms with Crippen molar-refractivity contribution in [2.24, 2.45) is 5.73 Å². The van der Waals surface area contributed by atoms with Crippen LogP contribution in [0.3, 0.4) is 0 Å². The number of nitrogens with two attached hydrogens (primary N) is 1. The normalized spacial score (nSPS) is 12.0. The molecule has 3 aromatic rings. The number of rotatable bonds is 6. The highest BCUT2D eigenvalue weighted by Crippen LogP contribution is 2.22. The van der Waals surface area contributed by atoms with E-state index in [1.807, 2.05) is 44.2 Å². The van der Waals surface area contributed by atoms with Crippen LogP contribution in [0, 0.1) is 13.8 Å². The summed E-state index contributed by atoms with van der Waals surface area (Å²) in [4.78, 5) is 21.9. The first-order chi connectivity index (χ1) is 13.3. The zero-order valence-corrected chi connectivity index (χ0v) is 16.4. The lowest BCUT2D eigenvalue weighted by molar-refractivity contribution is -0.131. The second kappa shape index (κ2) is 8.27. The summed E-state index contributed by atoms with van der Waals surface area (Å²) in [5.74, 6) is 0.784. The zero-order valence-electron chi connectivity index (χ0n) is 16.4. The molecule has 28 heavy (non-hydrogen) atoms. The molecular weight excluding hydrogens is 352 g/mol. The average Bonchev–Trinajstić information content (AvgIpc) is 3.13. The van der Waals surface area contributed by atoms with E-state index >= 15 is 0 Å². The van der Waals surface area contributed by atoms with Gasteiger partial charge in [0.1, 0.15) is 11.6 Å². The molecule has 0 aliphatic rings. The highest BCUT2D eigenvalue weighted by molar-refractivity contribution is 5.81. The largest absolute Gasteiger partial charge is 0.508 e. The van der Waals surface area contributed by atoms with E-state index in [0.29, 0.717) is 18.8 Å². The van der Waals surface area contributed by atoms with Crippen molar-refractivity contribution in [3.8, 4) is 17.0 Å². The number of aromatic hydroxyl groups is 1. The maximum atomic E-state index is 12.7. The Morgan fingerprint density at radius 1 is 1.21 bits per heavy atom. The molecule has 146 valence electrons. The number of benzene rings is 2. The first-order valence-electron chi connectivity index (χ1n) is 9.24. The molecule has 6 heteroatoms. The summed E-state index contributed by atoms with van der Waals surface area (Å²) in [6.45, 7) is 4.18. The van der Waals surface area contributed by atoms with E-state index in [4.69, 9.17) is 5.73 Å². The second-order valence-electron chi connectivity index (χ2n) is 7.17. The Kier molecular flexibility index (Phi) is 5.80. The van der Waals surface area contributed by atoms with Crippen LogP contribution in [0.2, 0.25) is 0 Å². The van der Waals surface area contributed by atoms with E-state index < -0.39 is 6.04 Å². The number of aryl methyl sites for hydroxylation is 2. The van der Waals surface area contributed by atoms with Gasteiger partial charge < -0.3 is 20.7 Å². The van der Waals surface area contributed by atoms with Gasteiger partial charge in [-0.3, -0.25) is 4.79 Å². The number of aromatic nitrogens is 2. The van der Waals surface area contributed by atoms with Gasteiger partial charge in [-0.1, -0.05) is 30.3 Å². The van der Waals surface area contributed by atoms with E-state index in [1.165, 1.54) is 0 Å². The van der Waals surface area contributed by atoms with Gasteiger partial charge in [-0.05, 0) is 54.7 Å². The molecule has 0 aliphatic carbocycles. The predicted molar refractivity (Wildman–Crippen MR) is 110 cm³/mol. The zero-order chi connectivity index (χ0) is 20.3. The van der Waals surface area contributed by atoms with Crippen LogP contribution in [0.15, 0.2) is 48.7 Å². The Labute approximate surface area is 165 Å². The number of nitrogens with one attached hydrogen (secondary N) is 1. The van der Waals surface area contributed by atoms with Gasteiger partial charge in [0.05, 0.1) is 24.5 Å². The number of phenols is 1. The molecule has 0 fully saturated rings. The molecule has 0 aliphatic heterocycles. The predicted octanol–water partition coefficient (Wildman–Crippen LogP) is 2.93. The van der Waals surface area contributed by atoms with Crippen LogP contribution in [-0.4, -0.2) is 39.0 Å². The maximum absolute atomic E-state index is 12.7. The lowest BCUT2D eigenvalue weighted by Gasteiger charge is -2.22. The molecule has 0 spiro atoms. The van der Waals surface area contributed by atoms with Crippen molar-refractivity contribution in [3.63, 3.8) is 0 Å². The van der Waals surface area contributed by atoms with Crippen LogP contribution in [0.25, 0.3) is 11.3 Å². The molecule has 4 N–H and O–H groups in total. The summed E-state index contributed by atoms with van der Waals surface area (Å²) >= 11 is 0. The highest BCUT2D eigenvalue weighted by Gasteiger charge is 2.21. The van der Waals surface area contributed by atoms with Crippen molar-refractivity contribution in [2.75, 3.05) is 7.05 Å². The quantitative estimate of drug-likeness (QED) is 0.615. The summed E-state index contributed by atoms with van der Waals surface area (Å²) in [5, 5.41) is 9.68. The Morgan fingerprint density at radius 3 is 2.50 bits per heavy atom. The SMILES string of the molecule is Cc1cc(O)cc(C)c1C[C@H](N)C(=O)N(C)Cc1ncc(-c2ccccc2)[nH]1. The number of likely N-dealkylation sites (N-methyl/N-ethyl adjacent to an activating group) is 1. The molecule has 1 aromatic heterocycles. The Morgan fingerprint density at radius 2 is 1.86 bits per heavy atom. The molecule has 0 unspecified atom stereocenters. The van der Waals surface area contributed by atoms with Gasteiger partial charge in [-0.25, -0.2) is 4.98 Å². The Bertz CT molecular complexity index is 943. The fourth-order valence-corrected chi connectivity index (χ4v) is 3.39. The molecule has 6 nitrogen and oxygen atoms in total. The number of imidazole rings is 1. The van der Waals surface area contributed by atoms with E-state index in [-0.39, 0.29) is 11.7 Å². The minimum atomic E-state index is -0.657. The van der Waals surface area contributed by atoms with Crippen molar-refractivity contribution in [1.82, 2.24) is 14.9 Å². The summed E-state index contributed by atoms with van der Waals surface area (Å²) in [6.07, 6.45) is 2.20. The van der Waals surface area contributed by atoms with Crippen molar-refractivity contribution in [1.29, 1.82) is 0 Å². The third kappa shape index (κ3) is 4.40. The fourth-order valence-electron chi connectivity index (χ4n) is 3.39. The number of H-pyrrole nitrogens is 1. The minimum absolute atomic E-state index is 0.149. The first-order valence-corrected chi connectivity index (χ1v) is 9.24. The van der Waals surface area contributed by atoms with Crippen LogP contribution in [0.4, 0.5) is 0 Å². The van der Waals surface area contributed by atoms with Crippen molar-refractivity contribution >= 4 is 5.91 Å². The standard InChI is InChI=1S/C22H26N4O2/c1-14-9-17(27)10-15(2)18(14)11-19(23)22(28)26(3)13-21-24-12-20(25-21)16-7-5-4-6-8-16/h4-10,12,19,27H,11,13,23H2,1-3H3,(H,24,25)/t19-/m0/s1. The van der Waals surface area contributed by atoms with Crippen molar-refractivity contribution in [2.45, 2.75) is 32.9 Å². The molecule has 1 amide bonds. The minimum Gasteiger partial charge on any atom is -0.508 e. The van der Waals surface area contributed by atoms with E-state index in [9.17, 15) is 9.90 Å².